The van der Waals surface area contributed by atoms with Crippen LogP contribution in [0.1, 0.15) is 57.7 Å². The molecule has 0 radical (unpaired) electrons. The van der Waals surface area contributed by atoms with E-state index in [-0.39, 0.29) is 6.04 Å². The number of nitrogens with two attached hydrogens (primary N) is 1. The smallest absolute Gasteiger partial charge is 0.123 e. The molecule has 0 aromatic heterocycles. The first-order valence-electron chi connectivity index (χ1n) is 8.26. The van der Waals surface area contributed by atoms with Crippen LogP contribution in [0.4, 0.5) is 0 Å². The van der Waals surface area contributed by atoms with Crippen LogP contribution in [-0.2, 0) is 6.54 Å². The SMILES string of the molecule is CCOc1ccc(C(C)N)cc1CN(CC(C)C)C1CC1. The summed E-state index contributed by atoms with van der Waals surface area (Å²) in [5.41, 5.74) is 8.50. The highest BCUT2D eigenvalue weighted by Crippen LogP contribution is 2.32. The van der Waals surface area contributed by atoms with E-state index in [1.54, 1.807) is 0 Å². The Labute approximate surface area is 129 Å². The molecule has 1 atom stereocenters. The molecule has 0 heterocycles. The Kier molecular flexibility index (Phi) is 5.65. The quantitative estimate of drug-likeness (QED) is 0.793. The standard InChI is InChI=1S/C18H30N2O/c1-5-21-18-9-6-15(14(4)19)10-16(18)12-20(11-13(2)3)17-7-8-17/h6,9-10,13-14,17H,5,7-8,11-12,19H2,1-4H3. The van der Waals surface area contributed by atoms with Crippen molar-refractivity contribution in [1.82, 2.24) is 4.90 Å². The Hall–Kier alpha value is -1.06. The van der Waals surface area contributed by atoms with E-state index < -0.39 is 0 Å². The van der Waals surface area contributed by atoms with Gasteiger partial charge in [-0.05, 0) is 50.3 Å². The van der Waals surface area contributed by atoms with Crippen molar-refractivity contribution in [2.45, 2.75) is 59.2 Å². The van der Waals surface area contributed by atoms with Crippen molar-refractivity contribution in [3.8, 4) is 5.75 Å². The Bertz CT molecular complexity index is 453. The molecular formula is C18H30N2O. The maximum Gasteiger partial charge on any atom is 0.123 e. The van der Waals surface area contributed by atoms with E-state index in [9.17, 15) is 0 Å². The molecular weight excluding hydrogens is 260 g/mol. The van der Waals surface area contributed by atoms with Gasteiger partial charge < -0.3 is 10.5 Å². The van der Waals surface area contributed by atoms with Gasteiger partial charge in [0.15, 0.2) is 0 Å². The van der Waals surface area contributed by atoms with Gasteiger partial charge in [-0.15, -0.1) is 0 Å². The van der Waals surface area contributed by atoms with Crippen molar-refractivity contribution in [1.29, 1.82) is 0 Å². The van der Waals surface area contributed by atoms with Gasteiger partial charge in [0, 0.05) is 30.7 Å². The predicted molar refractivity (Wildman–Crippen MR) is 88.5 cm³/mol. The number of hydrogen-bond acceptors (Lipinski definition) is 3. The summed E-state index contributed by atoms with van der Waals surface area (Å²) in [6, 6.07) is 7.23. The maximum atomic E-state index is 6.04. The average Bonchev–Trinajstić information content (AvgIpc) is 3.23. The number of rotatable bonds is 8. The molecule has 2 N–H and O–H groups in total. The zero-order chi connectivity index (χ0) is 15.4. The maximum absolute atomic E-state index is 6.04. The van der Waals surface area contributed by atoms with Crippen LogP contribution < -0.4 is 10.5 Å². The molecule has 0 amide bonds. The van der Waals surface area contributed by atoms with Crippen LogP contribution >= 0.6 is 0 Å². The summed E-state index contributed by atoms with van der Waals surface area (Å²) in [4.78, 5) is 2.60. The summed E-state index contributed by atoms with van der Waals surface area (Å²) < 4.78 is 5.81. The van der Waals surface area contributed by atoms with Crippen LogP contribution in [0.5, 0.6) is 5.75 Å². The van der Waals surface area contributed by atoms with Gasteiger partial charge in [-0.1, -0.05) is 19.9 Å². The van der Waals surface area contributed by atoms with Gasteiger partial charge in [-0.3, -0.25) is 4.90 Å². The third kappa shape index (κ3) is 4.72. The first kappa shape index (κ1) is 16.3. The van der Waals surface area contributed by atoms with E-state index in [0.29, 0.717) is 12.5 Å². The second-order valence-corrected chi connectivity index (χ2v) is 6.64. The molecule has 21 heavy (non-hydrogen) atoms. The minimum absolute atomic E-state index is 0.0684. The number of hydrogen-bond donors (Lipinski definition) is 1. The van der Waals surface area contributed by atoms with Crippen molar-refractivity contribution < 1.29 is 4.74 Å². The lowest BCUT2D eigenvalue weighted by molar-refractivity contribution is 0.221. The molecule has 0 spiro atoms. The molecule has 1 aliphatic carbocycles. The van der Waals surface area contributed by atoms with Crippen LogP contribution in [0.2, 0.25) is 0 Å². The van der Waals surface area contributed by atoms with Crippen LogP contribution in [0.15, 0.2) is 18.2 Å². The fraction of sp³-hybridized carbons (Fsp3) is 0.667. The number of nitrogens with zero attached hydrogens (tertiary/aromatic N) is 1. The molecule has 1 fully saturated rings. The fourth-order valence-corrected chi connectivity index (χ4v) is 2.77. The van der Waals surface area contributed by atoms with Crippen molar-refractivity contribution in [2.24, 2.45) is 11.7 Å². The van der Waals surface area contributed by atoms with Gasteiger partial charge in [0.05, 0.1) is 6.61 Å². The zero-order valence-corrected chi connectivity index (χ0v) is 13.9. The van der Waals surface area contributed by atoms with Gasteiger partial charge in [-0.25, -0.2) is 0 Å². The Balaban J connectivity index is 2.19. The minimum atomic E-state index is 0.0684. The van der Waals surface area contributed by atoms with Gasteiger partial charge in [0.25, 0.3) is 0 Å². The first-order valence-corrected chi connectivity index (χ1v) is 8.26. The highest BCUT2D eigenvalue weighted by Gasteiger charge is 2.29. The summed E-state index contributed by atoms with van der Waals surface area (Å²) in [5, 5.41) is 0. The monoisotopic (exact) mass is 290 g/mol. The molecule has 3 heteroatoms. The van der Waals surface area contributed by atoms with Crippen molar-refractivity contribution in [3.05, 3.63) is 29.3 Å². The van der Waals surface area contributed by atoms with Crippen LogP contribution in [0.3, 0.4) is 0 Å². The Morgan fingerprint density at radius 3 is 2.52 bits per heavy atom. The van der Waals surface area contributed by atoms with Crippen molar-refractivity contribution in [2.75, 3.05) is 13.2 Å². The summed E-state index contributed by atoms with van der Waals surface area (Å²) in [7, 11) is 0. The lowest BCUT2D eigenvalue weighted by atomic mass is 10.0. The lowest BCUT2D eigenvalue weighted by Gasteiger charge is -2.25. The van der Waals surface area contributed by atoms with E-state index in [0.717, 1.165) is 24.9 Å². The normalized spacial score (nSPS) is 16.5. The third-order valence-corrected chi connectivity index (χ3v) is 3.95. The van der Waals surface area contributed by atoms with E-state index in [4.69, 9.17) is 10.5 Å². The van der Waals surface area contributed by atoms with Gasteiger partial charge in [-0.2, -0.15) is 0 Å². The summed E-state index contributed by atoms with van der Waals surface area (Å²) in [6.45, 7) is 11.5. The second-order valence-electron chi connectivity index (χ2n) is 6.64. The first-order chi connectivity index (χ1) is 10.0. The third-order valence-electron chi connectivity index (χ3n) is 3.95. The lowest BCUT2D eigenvalue weighted by Crippen LogP contribution is -2.29. The zero-order valence-electron chi connectivity index (χ0n) is 13.9. The number of benzene rings is 1. The Morgan fingerprint density at radius 2 is 2.00 bits per heavy atom. The molecule has 1 aromatic carbocycles. The average molecular weight is 290 g/mol. The molecule has 1 saturated carbocycles. The minimum Gasteiger partial charge on any atom is -0.494 e. The van der Waals surface area contributed by atoms with Gasteiger partial charge in [0.2, 0.25) is 0 Å². The summed E-state index contributed by atoms with van der Waals surface area (Å²) in [6.07, 6.45) is 2.67. The van der Waals surface area contributed by atoms with Gasteiger partial charge >= 0.3 is 0 Å². The molecule has 118 valence electrons. The summed E-state index contributed by atoms with van der Waals surface area (Å²) >= 11 is 0. The Morgan fingerprint density at radius 1 is 1.29 bits per heavy atom. The molecule has 0 aliphatic heterocycles. The molecule has 3 nitrogen and oxygen atoms in total. The van der Waals surface area contributed by atoms with E-state index in [1.807, 2.05) is 13.8 Å². The molecule has 2 rings (SSSR count). The van der Waals surface area contributed by atoms with E-state index >= 15 is 0 Å². The van der Waals surface area contributed by atoms with Crippen LogP contribution in [0, 0.1) is 5.92 Å². The number of ether oxygens (including phenoxy) is 1. The fourth-order valence-electron chi connectivity index (χ4n) is 2.77. The van der Waals surface area contributed by atoms with Gasteiger partial charge in [0.1, 0.15) is 5.75 Å². The van der Waals surface area contributed by atoms with Crippen LogP contribution in [-0.4, -0.2) is 24.1 Å². The topological polar surface area (TPSA) is 38.5 Å². The highest BCUT2D eigenvalue weighted by molar-refractivity contribution is 5.38. The molecule has 1 unspecified atom stereocenters. The van der Waals surface area contributed by atoms with Crippen LogP contribution in [0.25, 0.3) is 0 Å². The highest BCUT2D eigenvalue weighted by atomic mass is 16.5. The molecule has 1 aromatic rings. The second kappa shape index (κ2) is 7.28. The molecule has 0 bridgehead atoms. The van der Waals surface area contributed by atoms with E-state index in [2.05, 4.69) is 36.9 Å². The van der Waals surface area contributed by atoms with Crippen molar-refractivity contribution >= 4 is 0 Å². The summed E-state index contributed by atoms with van der Waals surface area (Å²) in [5.74, 6) is 1.70. The molecule has 0 saturated heterocycles. The largest absolute Gasteiger partial charge is 0.494 e. The van der Waals surface area contributed by atoms with Crippen molar-refractivity contribution in [3.63, 3.8) is 0 Å². The molecule has 1 aliphatic rings. The predicted octanol–water partition coefficient (Wildman–Crippen LogP) is 3.73. The van der Waals surface area contributed by atoms with E-state index in [1.165, 1.54) is 24.0 Å².